The van der Waals surface area contributed by atoms with Crippen molar-refractivity contribution in [3.05, 3.63) is 41.8 Å². The first-order chi connectivity index (χ1) is 17.3. The number of anilines is 2. The lowest BCUT2D eigenvalue weighted by Gasteiger charge is -2.26. The van der Waals surface area contributed by atoms with Crippen molar-refractivity contribution in [2.75, 3.05) is 29.9 Å². The van der Waals surface area contributed by atoms with E-state index in [1.165, 1.54) is 6.07 Å². The van der Waals surface area contributed by atoms with Gasteiger partial charge in [-0.25, -0.2) is 23.7 Å². The molecular formula is C27H32F2N6O. The first-order valence-corrected chi connectivity index (χ1v) is 12.7. The molecule has 36 heavy (non-hydrogen) atoms. The molecule has 3 atom stereocenters. The Morgan fingerprint density at radius 2 is 2.06 bits per heavy atom. The van der Waals surface area contributed by atoms with Crippen LogP contribution in [0.1, 0.15) is 51.5 Å². The number of piperidine rings is 1. The summed E-state index contributed by atoms with van der Waals surface area (Å²) < 4.78 is 28.9. The number of alkyl halides is 1. The van der Waals surface area contributed by atoms with Gasteiger partial charge in [0.1, 0.15) is 17.5 Å². The van der Waals surface area contributed by atoms with Gasteiger partial charge in [0.05, 0.1) is 23.1 Å². The fourth-order valence-electron chi connectivity index (χ4n) is 5.13. The van der Waals surface area contributed by atoms with Gasteiger partial charge < -0.3 is 15.5 Å². The van der Waals surface area contributed by atoms with Gasteiger partial charge in [-0.2, -0.15) is 0 Å². The third-order valence-corrected chi connectivity index (χ3v) is 7.17. The van der Waals surface area contributed by atoms with Crippen LogP contribution in [0.25, 0.3) is 22.3 Å². The highest BCUT2D eigenvalue weighted by molar-refractivity contribution is 5.97. The van der Waals surface area contributed by atoms with Gasteiger partial charge in [-0.05, 0) is 42.5 Å². The van der Waals surface area contributed by atoms with E-state index in [1.54, 1.807) is 17.2 Å². The molecule has 5 rings (SSSR count). The Morgan fingerprint density at radius 1 is 1.22 bits per heavy atom. The maximum atomic E-state index is 15.2. The molecule has 2 N–H and O–H groups in total. The Labute approximate surface area is 209 Å². The number of pyridine rings is 1. The molecule has 0 spiro atoms. The first kappa shape index (κ1) is 24.5. The molecule has 7 nitrogen and oxygen atoms in total. The van der Waals surface area contributed by atoms with Gasteiger partial charge in [-0.1, -0.05) is 26.8 Å². The molecule has 9 heteroatoms. The number of carbonyl (C=O) groups excluding carboxylic acids is 1. The average Bonchev–Trinajstić information content (AvgIpc) is 3.23. The maximum absolute atomic E-state index is 15.2. The molecule has 0 aliphatic carbocycles. The quantitative estimate of drug-likeness (QED) is 0.511. The van der Waals surface area contributed by atoms with Crippen molar-refractivity contribution >= 4 is 28.6 Å². The first-order valence-electron chi connectivity index (χ1n) is 12.7. The number of benzene rings is 1. The zero-order chi connectivity index (χ0) is 25.4. The van der Waals surface area contributed by atoms with Crippen LogP contribution >= 0.6 is 0 Å². The van der Waals surface area contributed by atoms with Crippen LogP contribution in [-0.4, -0.2) is 52.7 Å². The number of nitrogens with zero attached hydrogens (tertiary/aromatic N) is 4. The van der Waals surface area contributed by atoms with E-state index in [9.17, 15) is 9.18 Å². The zero-order valence-corrected chi connectivity index (χ0v) is 20.9. The topological polar surface area (TPSA) is 83.0 Å². The fraction of sp³-hybridized carbons (Fsp3) is 0.481. The second-order valence-corrected chi connectivity index (χ2v) is 10.1. The Bertz CT molecular complexity index is 1280. The third-order valence-electron chi connectivity index (χ3n) is 7.17. The molecular weight excluding hydrogens is 462 g/mol. The Hall–Kier alpha value is -3.20. The second kappa shape index (κ2) is 10.0. The van der Waals surface area contributed by atoms with Crippen molar-refractivity contribution in [3.8, 4) is 11.3 Å². The van der Waals surface area contributed by atoms with E-state index < -0.39 is 12.0 Å². The number of amides is 1. The van der Waals surface area contributed by atoms with E-state index in [4.69, 9.17) is 9.97 Å². The standard InChI is InChI=1S/C27H32F2N6O/c1-4-16-7-8-35(26(16)36)24-6-5-17(9-21(24)29)22-11-20(15(2)3)25-23(33-22)14-31-27(34-25)32-19-10-18(28)12-30-13-19/h5-6,9,11,14-16,18-19,30H,4,7-8,10,12-13H2,1-3H3,(H,31,32,34)/t16?,18-,19-/m0/s1. The molecule has 1 aromatic carbocycles. The van der Waals surface area contributed by atoms with Gasteiger partial charge >= 0.3 is 0 Å². The summed E-state index contributed by atoms with van der Waals surface area (Å²) >= 11 is 0. The van der Waals surface area contributed by atoms with Crippen LogP contribution in [0.5, 0.6) is 0 Å². The van der Waals surface area contributed by atoms with Gasteiger partial charge in [-0.15, -0.1) is 0 Å². The number of aromatic nitrogens is 3. The normalized spacial score (nSPS) is 22.6. The predicted octanol–water partition coefficient (Wildman–Crippen LogP) is 4.83. The zero-order valence-electron chi connectivity index (χ0n) is 20.9. The monoisotopic (exact) mass is 494 g/mol. The number of halogens is 2. The summed E-state index contributed by atoms with van der Waals surface area (Å²) in [4.78, 5) is 28.0. The van der Waals surface area contributed by atoms with Crippen LogP contribution in [-0.2, 0) is 4.79 Å². The van der Waals surface area contributed by atoms with Crippen LogP contribution in [0.15, 0.2) is 30.5 Å². The van der Waals surface area contributed by atoms with Crippen LogP contribution < -0.4 is 15.5 Å². The summed E-state index contributed by atoms with van der Waals surface area (Å²) in [7, 11) is 0. The summed E-state index contributed by atoms with van der Waals surface area (Å²) in [6, 6.07) is 6.77. The lowest BCUT2D eigenvalue weighted by Crippen LogP contribution is -2.44. The Kier molecular flexibility index (Phi) is 6.83. The summed E-state index contributed by atoms with van der Waals surface area (Å²) in [6.07, 6.45) is 2.69. The lowest BCUT2D eigenvalue weighted by molar-refractivity contribution is -0.120. The highest BCUT2D eigenvalue weighted by atomic mass is 19.1. The summed E-state index contributed by atoms with van der Waals surface area (Å²) in [5, 5.41) is 6.31. The molecule has 2 saturated heterocycles. The van der Waals surface area contributed by atoms with Crippen molar-refractivity contribution in [3.63, 3.8) is 0 Å². The van der Waals surface area contributed by atoms with E-state index >= 15 is 4.39 Å². The van der Waals surface area contributed by atoms with Crippen molar-refractivity contribution in [2.24, 2.45) is 5.92 Å². The maximum Gasteiger partial charge on any atom is 0.230 e. The molecule has 3 aromatic rings. The number of hydrogen-bond acceptors (Lipinski definition) is 6. The average molecular weight is 495 g/mol. The molecule has 0 radical (unpaired) electrons. The van der Waals surface area contributed by atoms with Gasteiger partial charge in [0.15, 0.2) is 0 Å². The number of fused-ring (bicyclic) bond motifs is 1. The van der Waals surface area contributed by atoms with Crippen molar-refractivity contribution in [1.29, 1.82) is 0 Å². The molecule has 190 valence electrons. The molecule has 2 fully saturated rings. The van der Waals surface area contributed by atoms with E-state index in [1.807, 2.05) is 19.1 Å². The number of hydrogen-bond donors (Lipinski definition) is 2. The summed E-state index contributed by atoms with van der Waals surface area (Å²) in [5.41, 5.74) is 3.86. The molecule has 0 saturated carbocycles. The minimum atomic E-state index is -0.893. The van der Waals surface area contributed by atoms with Crippen molar-refractivity contribution in [2.45, 2.75) is 58.2 Å². The Balaban J connectivity index is 1.46. The second-order valence-electron chi connectivity index (χ2n) is 10.1. The largest absolute Gasteiger partial charge is 0.350 e. The summed E-state index contributed by atoms with van der Waals surface area (Å²) in [5.74, 6) is 0.0973. The minimum absolute atomic E-state index is 0.0114. The van der Waals surface area contributed by atoms with Gasteiger partial charge in [-0.3, -0.25) is 4.79 Å². The van der Waals surface area contributed by atoms with Crippen LogP contribution in [0.3, 0.4) is 0 Å². The molecule has 2 aliphatic rings. The van der Waals surface area contributed by atoms with Gasteiger partial charge in [0.2, 0.25) is 11.9 Å². The van der Waals surface area contributed by atoms with Crippen LogP contribution in [0.4, 0.5) is 20.4 Å². The molecule has 2 aromatic heterocycles. The van der Waals surface area contributed by atoms with Gasteiger partial charge in [0, 0.05) is 43.6 Å². The van der Waals surface area contributed by atoms with E-state index in [-0.39, 0.29) is 23.8 Å². The van der Waals surface area contributed by atoms with Crippen LogP contribution in [0.2, 0.25) is 0 Å². The Morgan fingerprint density at radius 3 is 2.75 bits per heavy atom. The predicted molar refractivity (Wildman–Crippen MR) is 137 cm³/mol. The molecule has 1 amide bonds. The van der Waals surface area contributed by atoms with Crippen LogP contribution in [0, 0.1) is 11.7 Å². The number of rotatable bonds is 6. The molecule has 0 bridgehead atoms. The highest BCUT2D eigenvalue weighted by Gasteiger charge is 2.32. The lowest BCUT2D eigenvalue weighted by atomic mass is 9.99. The third kappa shape index (κ3) is 4.76. The molecule has 1 unspecified atom stereocenters. The highest BCUT2D eigenvalue weighted by Crippen LogP contribution is 2.33. The fourth-order valence-corrected chi connectivity index (χ4v) is 5.13. The molecule has 4 heterocycles. The van der Waals surface area contributed by atoms with E-state index in [0.717, 1.165) is 23.9 Å². The number of carbonyl (C=O) groups is 1. The number of nitrogens with one attached hydrogen (secondary N) is 2. The SMILES string of the molecule is CCC1CCN(c2ccc(-c3cc(C(C)C)c4nc(N[C@@H]5CNC[C@@H](F)C5)ncc4n3)cc2F)C1=O. The minimum Gasteiger partial charge on any atom is -0.350 e. The summed E-state index contributed by atoms with van der Waals surface area (Å²) in [6.45, 7) is 7.68. The van der Waals surface area contributed by atoms with Crippen molar-refractivity contribution < 1.29 is 13.6 Å². The van der Waals surface area contributed by atoms with Gasteiger partial charge in [0.25, 0.3) is 0 Å². The van der Waals surface area contributed by atoms with Crippen molar-refractivity contribution in [1.82, 2.24) is 20.3 Å². The molecule has 2 aliphatic heterocycles. The smallest absolute Gasteiger partial charge is 0.230 e. The van der Waals surface area contributed by atoms with E-state index in [0.29, 0.717) is 54.5 Å². The van der Waals surface area contributed by atoms with E-state index in [2.05, 4.69) is 29.5 Å².